The van der Waals surface area contributed by atoms with E-state index in [1.807, 2.05) is 53.5 Å². The van der Waals surface area contributed by atoms with Crippen LogP contribution in [0.2, 0.25) is 0 Å². The van der Waals surface area contributed by atoms with Gasteiger partial charge in [0, 0.05) is 11.6 Å². The Kier molecular flexibility index (Phi) is 4.05. The van der Waals surface area contributed by atoms with Gasteiger partial charge in [0.25, 0.3) is 0 Å². The molecule has 3 nitrogen and oxygen atoms in total. The zero-order valence-electron chi connectivity index (χ0n) is 14.0. The quantitative estimate of drug-likeness (QED) is 0.506. The number of methoxy groups -OCH3 is 1. The largest absolute Gasteiger partial charge is 0.497 e. The molecule has 122 valence electrons. The zero-order valence-corrected chi connectivity index (χ0v) is 14.0. The average Bonchev–Trinajstić information content (AvgIpc) is 3.09. The summed E-state index contributed by atoms with van der Waals surface area (Å²) in [4.78, 5) is 0. The molecule has 0 saturated carbocycles. The van der Waals surface area contributed by atoms with Crippen LogP contribution in [-0.2, 0) is 0 Å². The first-order chi connectivity index (χ1) is 12.3. The van der Waals surface area contributed by atoms with Crippen LogP contribution < -0.4 is 4.74 Å². The summed E-state index contributed by atoms with van der Waals surface area (Å²) in [5.41, 5.74) is 4.49. The number of hydrogen-bond donors (Lipinski definition) is 0. The molecular weight excluding hydrogens is 308 g/mol. The van der Waals surface area contributed by atoms with Crippen molar-refractivity contribution in [2.45, 2.75) is 0 Å². The minimum absolute atomic E-state index is 0.857. The lowest BCUT2D eigenvalue weighted by molar-refractivity contribution is 0.415. The zero-order chi connectivity index (χ0) is 17.1. The average molecular weight is 326 g/mol. The van der Waals surface area contributed by atoms with Gasteiger partial charge in [0.2, 0.25) is 0 Å². The lowest BCUT2D eigenvalue weighted by Crippen LogP contribution is -1.89. The van der Waals surface area contributed by atoms with Crippen molar-refractivity contribution in [3.63, 3.8) is 0 Å². The number of aromatic nitrogens is 2. The molecule has 0 aliphatic carbocycles. The normalized spacial score (nSPS) is 11.2. The van der Waals surface area contributed by atoms with Gasteiger partial charge in [-0.3, -0.25) is 0 Å². The van der Waals surface area contributed by atoms with E-state index in [-0.39, 0.29) is 0 Å². The van der Waals surface area contributed by atoms with Crippen LogP contribution in [0, 0.1) is 0 Å². The molecule has 25 heavy (non-hydrogen) atoms. The van der Waals surface area contributed by atoms with Gasteiger partial charge in [-0.05, 0) is 41.0 Å². The summed E-state index contributed by atoms with van der Waals surface area (Å²) in [6.45, 7) is 0. The minimum Gasteiger partial charge on any atom is -0.497 e. The summed E-state index contributed by atoms with van der Waals surface area (Å²) in [5, 5.41) is 5.60. The smallest absolute Gasteiger partial charge is 0.119 e. The van der Waals surface area contributed by atoms with Crippen LogP contribution >= 0.6 is 0 Å². The SMILES string of the molecule is COc1cccc(-c2ccc3cnn(C=Cc4ccccc4)c3c2)c1. The molecule has 0 radical (unpaired) electrons. The highest BCUT2D eigenvalue weighted by Crippen LogP contribution is 2.27. The summed E-state index contributed by atoms with van der Waals surface area (Å²) in [7, 11) is 1.69. The van der Waals surface area contributed by atoms with Crippen LogP contribution in [0.4, 0.5) is 0 Å². The monoisotopic (exact) mass is 326 g/mol. The lowest BCUT2D eigenvalue weighted by Gasteiger charge is -2.05. The third-order valence-electron chi connectivity index (χ3n) is 4.21. The Morgan fingerprint density at radius 2 is 1.72 bits per heavy atom. The van der Waals surface area contributed by atoms with E-state index in [9.17, 15) is 0 Å². The fourth-order valence-electron chi connectivity index (χ4n) is 2.86. The molecule has 3 aromatic carbocycles. The van der Waals surface area contributed by atoms with Crippen molar-refractivity contribution in [3.8, 4) is 16.9 Å². The van der Waals surface area contributed by atoms with E-state index in [0.717, 1.165) is 33.3 Å². The lowest BCUT2D eigenvalue weighted by atomic mass is 10.0. The number of benzene rings is 3. The highest BCUT2D eigenvalue weighted by atomic mass is 16.5. The fourth-order valence-corrected chi connectivity index (χ4v) is 2.86. The van der Waals surface area contributed by atoms with E-state index in [0.29, 0.717) is 0 Å². The molecule has 0 aliphatic rings. The molecular formula is C22H18N2O. The summed E-state index contributed by atoms with van der Waals surface area (Å²) in [6, 6.07) is 24.7. The second kappa shape index (κ2) is 6.65. The standard InChI is InChI=1S/C22H18N2O/c1-25-21-9-5-8-18(14-21)19-10-11-20-16-23-24(22(20)15-19)13-12-17-6-3-2-4-7-17/h2-16H,1H3. The van der Waals surface area contributed by atoms with Crippen LogP contribution in [0.3, 0.4) is 0 Å². The Morgan fingerprint density at radius 3 is 2.56 bits per heavy atom. The molecule has 0 fully saturated rings. The Morgan fingerprint density at radius 1 is 0.880 bits per heavy atom. The molecule has 0 bridgehead atoms. The molecule has 0 amide bonds. The van der Waals surface area contributed by atoms with E-state index in [4.69, 9.17) is 4.74 Å². The number of nitrogens with zero attached hydrogens (tertiary/aromatic N) is 2. The van der Waals surface area contributed by atoms with E-state index in [1.54, 1.807) is 7.11 Å². The van der Waals surface area contributed by atoms with Crippen LogP contribution in [0.15, 0.2) is 79.0 Å². The molecule has 1 heterocycles. The first kappa shape index (κ1) is 15.2. The number of hydrogen-bond acceptors (Lipinski definition) is 2. The Bertz CT molecular complexity index is 1030. The summed E-state index contributed by atoms with van der Waals surface area (Å²) in [6.07, 6.45) is 5.94. The minimum atomic E-state index is 0.857. The third-order valence-corrected chi connectivity index (χ3v) is 4.21. The summed E-state index contributed by atoms with van der Waals surface area (Å²) in [5.74, 6) is 0.857. The molecule has 0 aliphatic heterocycles. The predicted molar refractivity (Wildman–Crippen MR) is 103 cm³/mol. The van der Waals surface area contributed by atoms with Crippen molar-refractivity contribution < 1.29 is 4.74 Å². The van der Waals surface area contributed by atoms with E-state index < -0.39 is 0 Å². The van der Waals surface area contributed by atoms with Crippen molar-refractivity contribution >= 4 is 23.2 Å². The van der Waals surface area contributed by atoms with E-state index in [1.165, 1.54) is 0 Å². The second-order valence-corrected chi connectivity index (χ2v) is 5.82. The Hall–Kier alpha value is -3.33. The van der Waals surface area contributed by atoms with Crippen molar-refractivity contribution in [3.05, 3.63) is 84.6 Å². The van der Waals surface area contributed by atoms with Crippen LogP contribution in [0.25, 0.3) is 34.3 Å². The van der Waals surface area contributed by atoms with Crippen molar-refractivity contribution in [1.29, 1.82) is 0 Å². The molecule has 0 N–H and O–H groups in total. The van der Waals surface area contributed by atoms with Gasteiger partial charge in [-0.1, -0.05) is 54.6 Å². The molecule has 0 unspecified atom stereocenters. The van der Waals surface area contributed by atoms with E-state index >= 15 is 0 Å². The highest BCUT2D eigenvalue weighted by Gasteiger charge is 2.05. The fraction of sp³-hybridized carbons (Fsp3) is 0.0455. The number of ether oxygens (including phenoxy) is 1. The van der Waals surface area contributed by atoms with Gasteiger partial charge >= 0.3 is 0 Å². The molecule has 0 saturated heterocycles. The highest BCUT2D eigenvalue weighted by molar-refractivity contribution is 5.86. The first-order valence-electron chi connectivity index (χ1n) is 8.18. The van der Waals surface area contributed by atoms with Crippen LogP contribution in [-0.4, -0.2) is 16.9 Å². The maximum atomic E-state index is 5.33. The van der Waals surface area contributed by atoms with Crippen molar-refractivity contribution in [1.82, 2.24) is 9.78 Å². The Labute approximate surface area is 146 Å². The van der Waals surface area contributed by atoms with Gasteiger partial charge < -0.3 is 4.74 Å². The molecule has 0 atom stereocenters. The summed E-state index contributed by atoms with van der Waals surface area (Å²) >= 11 is 0. The Balaban J connectivity index is 1.73. The number of fused-ring (bicyclic) bond motifs is 1. The first-order valence-corrected chi connectivity index (χ1v) is 8.18. The van der Waals surface area contributed by atoms with Crippen LogP contribution in [0.1, 0.15) is 5.56 Å². The molecule has 1 aromatic heterocycles. The molecule has 3 heteroatoms. The maximum absolute atomic E-state index is 5.33. The summed E-state index contributed by atoms with van der Waals surface area (Å²) < 4.78 is 7.24. The van der Waals surface area contributed by atoms with Gasteiger partial charge in [0.05, 0.1) is 18.8 Å². The van der Waals surface area contributed by atoms with Gasteiger partial charge in [-0.25, -0.2) is 4.68 Å². The maximum Gasteiger partial charge on any atom is 0.119 e. The topological polar surface area (TPSA) is 27.1 Å². The second-order valence-electron chi connectivity index (χ2n) is 5.82. The number of rotatable bonds is 4. The third kappa shape index (κ3) is 3.17. The predicted octanol–water partition coefficient (Wildman–Crippen LogP) is 5.34. The van der Waals surface area contributed by atoms with Crippen LogP contribution in [0.5, 0.6) is 5.75 Å². The molecule has 0 spiro atoms. The molecule has 4 rings (SSSR count). The van der Waals surface area contributed by atoms with Gasteiger partial charge in [-0.15, -0.1) is 0 Å². The van der Waals surface area contributed by atoms with Gasteiger partial charge in [-0.2, -0.15) is 5.10 Å². The van der Waals surface area contributed by atoms with Gasteiger partial charge in [0.15, 0.2) is 0 Å². The van der Waals surface area contributed by atoms with Crippen molar-refractivity contribution in [2.75, 3.05) is 7.11 Å². The molecule has 4 aromatic rings. The van der Waals surface area contributed by atoms with E-state index in [2.05, 4.69) is 47.6 Å². The van der Waals surface area contributed by atoms with Gasteiger partial charge in [0.1, 0.15) is 5.75 Å². The van der Waals surface area contributed by atoms with Crippen molar-refractivity contribution in [2.24, 2.45) is 0 Å².